The highest BCUT2D eigenvalue weighted by Gasteiger charge is 2.35. The molecule has 3 rings (SSSR count). The van der Waals surface area contributed by atoms with E-state index in [-0.39, 0.29) is 11.2 Å². The highest BCUT2D eigenvalue weighted by molar-refractivity contribution is 6.31. The van der Waals surface area contributed by atoms with Crippen LogP contribution in [0.2, 0.25) is 10.3 Å². The number of amides is 1. The standard InChI is InChI=1S/C18H19Cl2N5O2/c1-3-27-7-6-22-9-12-15(24-18(20)25-16(12)21-2)14-11-8-10(19)4-5-13(11)23-17(14)26/h4-5,8-9,14H,3,6-7H2,1-2H3,(H,23,26)(H,21,24,25). The molecular formula is C18H19Cl2N5O2. The topological polar surface area (TPSA) is 88.5 Å². The number of nitrogens with zero attached hydrogens (tertiary/aromatic N) is 3. The molecule has 1 amide bonds. The molecule has 1 aliphatic heterocycles. The molecule has 2 heterocycles. The van der Waals surface area contributed by atoms with E-state index in [0.717, 1.165) is 5.56 Å². The quantitative estimate of drug-likeness (QED) is 0.417. The number of fused-ring (bicyclic) bond motifs is 1. The highest BCUT2D eigenvalue weighted by Crippen LogP contribution is 2.40. The fourth-order valence-electron chi connectivity index (χ4n) is 2.92. The number of carbonyl (C=O) groups excluding carboxylic acids is 1. The van der Waals surface area contributed by atoms with Crippen LogP contribution in [0, 0.1) is 0 Å². The van der Waals surface area contributed by atoms with Crippen molar-refractivity contribution in [2.45, 2.75) is 12.8 Å². The number of ether oxygens (including phenoxy) is 1. The fourth-order valence-corrected chi connectivity index (χ4v) is 3.27. The normalized spacial score (nSPS) is 15.9. The molecule has 0 aliphatic carbocycles. The molecule has 2 aromatic rings. The third-order valence-corrected chi connectivity index (χ3v) is 4.50. The van der Waals surface area contributed by atoms with Gasteiger partial charge >= 0.3 is 0 Å². The van der Waals surface area contributed by atoms with Gasteiger partial charge in [0.05, 0.1) is 24.4 Å². The number of benzene rings is 1. The number of aromatic nitrogens is 2. The second kappa shape index (κ2) is 8.65. The first-order valence-electron chi connectivity index (χ1n) is 8.48. The summed E-state index contributed by atoms with van der Waals surface area (Å²) in [7, 11) is 1.72. The van der Waals surface area contributed by atoms with Crippen LogP contribution in [0.1, 0.15) is 29.7 Å². The van der Waals surface area contributed by atoms with Crippen molar-refractivity contribution in [2.24, 2.45) is 4.99 Å². The number of aliphatic imine (C=N–C) groups is 1. The summed E-state index contributed by atoms with van der Waals surface area (Å²) in [5.74, 6) is -0.360. The molecule has 0 fully saturated rings. The number of rotatable bonds is 7. The monoisotopic (exact) mass is 407 g/mol. The summed E-state index contributed by atoms with van der Waals surface area (Å²) >= 11 is 12.2. The summed E-state index contributed by atoms with van der Waals surface area (Å²) in [6.45, 7) is 3.55. The summed E-state index contributed by atoms with van der Waals surface area (Å²) in [6.07, 6.45) is 1.65. The van der Waals surface area contributed by atoms with Crippen molar-refractivity contribution in [3.8, 4) is 0 Å². The highest BCUT2D eigenvalue weighted by atomic mass is 35.5. The first kappa shape index (κ1) is 19.5. The molecule has 1 atom stereocenters. The second-order valence-electron chi connectivity index (χ2n) is 5.78. The minimum Gasteiger partial charge on any atom is -0.380 e. The minimum atomic E-state index is -0.653. The average Bonchev–Trinajstić information content (AvgIpc) is 2.96. The van der Waals surface area contributed by atoms with Crippen molar-refractivity contribution in [3.63, 3.8) is 0 Å². The lowest BCUT2D eigenvalue weighted by Crippen LogP contribution is -2.18. The van der Waals surface area contributed by atoms with Crippen LogP contribution < -0.4 is 10.6 Å². The molecule has 0 spiro atoms. The summed E-state index contributed by atoms with van der Waals surface area (Å²) in [5.41, 5.74) is 2.52. The maximum absolute atomic E-state index is 12.7. The van der Waals surface area contributed by atoms with E-state index in [1.54, 1.807) is 31.5 Å². The van der Waals surface area contributed by atoms with E-state index in [1.165, 1.54) is 0 Å². The number of nitrogens with one attached hydrogen (secondary N) is 2. The minimum absolute atomic E-state index is 0.0455. The maximum atomic E-state index is 12.7. The van der Waals surface area contributed by atoms with E-state index in [2.05, 4.69) is 25.6 Å². The lowest BCUT2D eigenvalue weighted by molar-refractivity contribution is -0.116. The zero-order valence-corrected chi connectivity index (χ0v) is 16.4. The molecule has 0 radical (unpaired) electrons. The fraction of sp³-hybridized carbons (Fsp3) is 0.333. The van der Waals surface area contributed by atoms with Gasteiger partial charge in [0.25, 0.3) is 0 Å². The molecule has 0 saturated heterocycles. The first-order chi connectivity index (χ1) is 13.0. The number of carbonyl (C=O) groups is 1. The van der Waals surface area contributed by atoms with Crippen LogP contribution in [0.15, 0.2) is 23.2 Å². The van der Waals surface area contributed by atoms with E-state index < -0.39 is 5.92 Å². The lowest BCUT2D eigenvalue weighted by Gasteiger charge is -2.15. The van der Waals surface area contributed by atoms with E-state index >= 15 is 0 Å². The summed E-state index contributed by atoms with van der Waals surface area (Å²) < 4.78 is 5.29. The molecule has 1 aliphatic rings. The van der Waals surface area contributed by atoms with Gasteiger partial charge in [-0.2, -0.15) is 0 Å². The van der Waals surface area contributed by atoms with Crippen molar-refractivity contribution in [1.82, 2.24) is 9.97 Å². The zero-order valence-electron chi connectivity index (χ0n) is 14.9. The van der Waals surface area contributed by atoms with Crippen molar-refractivity contribution in [2.75, 3.05) is 37.4 Å². The van der Waals surface area contributed by atoms with Crippen LogP contribution in [0.3, 0.4) is 0 Å². The van der Waals surface area contributed by atoms with E-state index in [9.17, 15) is 4.79 Å². The number of halogens is 2. The van der Waals surface area contributed by atoms with Gasteiger partial charge in [0, 0.05) is 30.6 Å². The molecule has 1 unspecified atom stereocenters. The summed E-state index contributed by atoms with van der Waals surface area (Å²) in [6, 6.07) is 5.25. The smallest absolute Gasteiger partial charge is 0.238 e. The molecule has 27 heavy (non-hydrogen) atoms. The summed E-state index contributed by atoms with van der Waals surface area (Å²) in [5, 5.41) is 6.43. The van der Waals surface area contributed by atoms with Gasteiger partial charge in [-0.1, -0.05) is 11.6 Å². The molecule has 2 N–H and O–H groups in total. The molecule has 142 valence electrons. The van der Waals surface area contributed by atoms with Crippen molar-refractivity contribution in [3.05, 3.63) is 45.3 Å². The Morgan fingerprint density at radius 3 is 2.93 bits per heavy atom. The summed E-state index contributed by atoms with van der Waals surface area (Å²) in [4.78, 5) is 25.6. The van der Waals surface area contributed by atoms with Gasteiger partial charge in [0.15, 0.2) is 0 Å². The molecule has 7 nitrogen and oxygen atoms in total. The van der Waals surface area contributed by atoms with Crippen molar-refractivity contribution in [1.29, 1.82) is 0 Å². The number of hydrogen-bond donors (Lipinski definition) is 2. The van der Waals surface area contributed by atoms with Crippen LogP contribution in [0.5, 0.6) is 0 Å². The Morgan fingerprint density at radius 1 is 1.37 bits per heavy atom. The Labute approximate surface area is 167 Å². The molecule has 1 aromatic heterocycles. The second-order valence-corrected chi connectivity index (χ2v) is 6.55. The van der Waals surface area contributed by atoms with Gasteiger partial charge in [0.1, 0.15) is 11.7 Å². The van der Waals surface area contributed by atoms with Gasteiger partial charge in [-0.25, -0.2) is 9.97 Å². The Bertz CT molecular complexity index is 888. The molecule has 0 saturated carbocycles. The molecule has 9 heteroatoms. The largest absolute Gasteiger partial charge is 0.380 e. The Balaban J connectivity index is 2.06. The third kappa shape index (κ3) is 4.21. The molecule has 1 aromatic carbocycles. The van der Waals surface area contributed by atoms with Crippen molar-refractivity contribution >= 4 is 46.8 Å². The van der Waals surface area contributed by atoms with Crippen LogP contribution in [0.25, 0.3) is 0 Å². The molecule has 0 bridgehead atoms. The average molecular weight is 408 g/mol. The lowest BCUT2D eigenvalue weighted by atomic mass is 9.94. The van der Waals surface area contributed by atoms with Crippen molar-refractivity contribution < 1.29 is 9.53 Å². The Hall–Kier alpha value is -2.22. The maximum Gasteiger partial charge on any atom is 0.238 e. The van der Waals surface area contributed by atoms with Gasteiger partial charge in [-0.05, 0) is 42.3 Å². The van der Waals surface area contributed by atoms with Crippen LogP contribution >= 0.6 is 23.2 Å². The first-order valence-corrected chi connectivity index (χ1v) is 9.23. The van der Waals surface area contributed by atoms with Crippen LogP contribution in [-0.2, 0) is 9.53 Å². The zero-order chi connectivity index (χ0) is 19.4. The van der Waals surface area contributed by atoms with E-state index in [4.69, 9.17) is 27.9 Å². The Kier molecular flexibility index (Phi) is 6.26. The van der Waals surface area contributed by atoms with Crippen LogP contribution in [0.4, 0.5) is 11.5 Å². The third-order valence-electron chi connectivity index (χ3n) is 4.09. The Morgan fingerprint density at radius 2 is 2.19 bits per heavy atom. The van der Waals surface area contributed by atoms with E-state index in [0.29, 0.717) is 47.5 Å². The number of hydrogen-bond acceptors (Lipinski definition) is 6. The van der Waals surface area contributed by atoms with Crippen LogP contribution in [-0.4, -0.2) is 48.9 Å². The van der Waals surface area contributed by atoms with Gasteiger partial charge in [-0.15, -0.1) is 0 Å². The predicted octanol–water partition coefficient (Wildman–Crippen LogP) is 3.36. The predicted molar refractivity (Wildman–Crippen MR) is 107 cm³/mol. The SMILES string of the molecule is CCOCCN=Cc1c(NC)nc(Cl)nc1C1C(=O)Nc2ccc(Cl)cc21. The number of anilines is 2. The molecular weight excluding hydrogens is 389 g/mol. The van der Waals surface area contributed by atoms with Gasteiger partial charge < -0.3 is 15.4 Å². The van der Waals surface area contributed by atoms with Gasteiger partial charge in [-0.3, -0.25) is 9.79 Å². The van der Waals surface area contributed by atoms with E-state index in [1.807, 2.05) is 6.92 Å². The van der Waals surface area contributed by atoms with Gasteiger partial charge in [0.2, 0.25) is 11.2 Å².